The van der Waals surface area contributed by atoms with Crippen LogP contribution in [0, 0.1) is 0 Å². The molecule has 0 aliphatic heterocycles. The first-order valence-corrected chi connectivity index (χ1v) is 8.83. The fourth-order valence-electron chi connectivity index (χ4n) is 2.16. The maximum absolute atomic E-state index is 12.1. The fourth-order valence-corrected chi connectivity index (χ4v) is 2.42. The Bertz CT molecular complexity index is 805. The molecule has 0 spiro atoms. The van der Waals surface area contributed by atoms with Crippen LogP contribution in [0.5, 0.6) is 0 Å². The van der Waals surface area contributed by atoms with Gasteiger partial charge in [0.15, 0.2) is 6.61 Å². The molecule has 136 valence electrons. The van der Waals surface area contributed by atoms with E-state index in [0.29, 0.717) is 11.1 Å². The largest absolute Gasteiger partial charge is 0.452 e. The lowest BCUT2D eigenvalue weighted by molar-refractivity contribution is -0.123. The van der Waals surface area contributed by atoms with Gasteiger partial charge in [-0.1, -0.05) is 48.8 Å². The molecule has 2 aromatic carbocycles. The van der Waals surface area contributed by atoms with Crippen LogP contribution in [0.4, 0.5) is 0 Å². The highest BCUT2D eigenvalue weighted by atomic mass is 79.9. The third kappa shape index (κ3) is 5.52. The molecule has 2 rings (SSSR count). The molecule has 1 N–H and O–H groups in total. The summed E-state index contributed by atoms with van der Waals surface area (Å²) in [6, 6.07) is 13.6. The summed E-state index contributed by atoms with van der Waals surface area (Å²) >= 11 is 3.27. The number of halogens is 1. The first-order chi connectivity index (χ1) is 12.2. The summed E-state index contributed by atoms with van der Waals surface area (Å²) in [5.41, 5.74) is 1.76. The number of hydrogen-bond acceptors (Lipinski definition) is 4. The summed E-state index contributed by atoms with van der Waals surface area (Å²) in [4.78, 5) is 35.8. The zero-order valence-electron chi connectivity index (χ0n) is 14.8. The van der Waals surface area contributed by atoms with Crippen LogP contribution in [0.1, 0.15) is 47.1 Å². The van der Waals surface area contributed by atoms with Gasteiger partial charge in [0.25, 0.3) is 11.8 Å². The van der Waals surface area contributed by atoms with Crippen molar-refractivity contribution in [3.8, 4) is 0 Å². The Morgan fingerprint density at radius 2 is 1.46 bits per heavy atom. The molecule has 0 saturated heterocycles. The Morgan fingerprint density at radius 1 is 0.923 bits per heavy atom. The van der Waals surface area contributed by atoms with Crippen LogP contribution in [0.2, 0.25) is 0 Å². The van der Waals surface area contributed by atoms with Crippen molar-refractivity contribution in [1.29, 1.82) is 0 Å². The summed E-state index contributed by atoms with van der Waals surface area (Å²) in [6.07, 6.45) is 0. The van der Waals surface area contributed by atoms with E-state index in [0.717, 1.165) is 10.0 Å². The third-order valence-corrected chi connectivity index (χ3v) is 4.21. The molecule has 0 aromatic heterocycles. The molecule has 0 atom stereocenters. The molecule has 0 aliphatic rings. The Kier molecular flexibility index (Phi) is 6.32. The molecule has 0 saturated carbocycles. The van der Waals surface area contributed by atoms with E-state index >= 15 is 0 Å². The SMILES string of the molecule is CC(C)(C)c1ccc(C(=O)NC(=O)COC(=O)c2ccc(Br)cc2)cc1. The normalized spacial score (nSPS) is 10.9. The number of carbonyl (C=O) groups excluding carboxylic acids is 3. The number of benzene rings is 2. The van der Waals surface area contributed by atoms with Crippen molar-refractivity contribution in [3.63, 3.8) is 0 Å². The number of rotatable bonds is 4. The number of nitrogens with one attached hydrogen (secondary N) is 1. The van der Waals surface area contributed by atoms with Gasteiger partial charge < -0.3 is 4.74 Å². The number of amides is 2. The molecule has 0 aliphatic carbocycles. The van der Waals surface area contributed by atoms with E-state index in [1.54, 1.807) is 36.4 Å². The number of carbonyl (C=O) groups is 3. The van der Waals surface area contributed by atoms with Crippen molar-refractivity contribution >= 4 is 33.7 Å². The summed E-state index contributed by atoms with van der Waals surface area (Å²) < 4.78 is 5.74. The molecule has 2 amide bonds. The van der Waals surface area contributed by atoms with Crippen molar-refractivity contribution in [2.24, 2.45) is 0 Å². The second kappa shape index (κ2) is 8.27. The first-order valence-electron chi connectivity index (χ1n) is 8.04. The quantitative estimate of drug-likeness (QED) is 0.766. The zero-order valence-corrected chi connectivity index (χ0v) is 16.4. The zero-order chi connectivity index (χ0) is 19.3. The highest BCUT2D eigenvalue weighted by Gasteiger charge is 2.16. The number of ether oxygens (including phenoxy) is 1. The van der Waals surface area contributed by atoms with Gasteiger partial charge in [-0.3, -0.25) is 14.9 Å². The van der Waals surface area contributed by atoms with Crippen LogP contribution in [-0.2, 0) is 14.9 Å². The lowest BCUT2D eigenvalue weighted by Gasteiger charge is -2.18. The van der Waals surface area contributed by atoms with Gasteiger partial charge >= 0.3 is 5.97 Å². The van der Waals surface area contributed by atoms with Gasteiger partial charge in [-0.15, -0.1) is 0 Å². The van der Waals surface area contributed by atoms with E-state index in [-0.39, 0.29) is 5.41 Å². The lowest BCUT2D eigenvalue weighted by Crippen LogP contribution is -2.34. The summed E-state index contributed by atoms with van der Waals surface area (Å²) in [7, 11) is 0. The Labute approximate surface area is 160 Å². The smallest absolute Gasteiger partial charge is 0.338 e. The average Bonchev–Trinajstić information content (AvgIpc) is 2.59. The Balaban J connectivity index is 1.88. The fraction of sp³-hybridized carbons (Fsp3) is 0.250. The van der Waals surface area contributed by atoms with Crippen molar-refractivity contribution in [3.05, 3.63) is 69.7 Å². The van der Waals surface area contributed by atoms with Crippen LogP contribution in [0.25, 0.3) is 0 Å². The molecule has 2 aromatic rings. The molecule has 0 heterocycles. The predicted octanol–water partition coefficient (Wildman–Crippen LogP) is 3.86. The van der Waals surface area contributed by atoms with Crippen LogP contribution in [-0.4, -0.2) is 24.4 Å². The lowest BCUT2D eigenvalue weighted by atomic mass is 9.87. The minimum absolute atomic E-state index is 0.0218. The van der Waals surface area contributed by atoms with Crippen LogP contribution < -0.4 is 5.32 Å². The van der Waals surface area contributed by atoms with E-state index in [1.165, 1.54) is 0 Å². The second-order valence-electron chi connectivity index (χ2n) is 6.79. The Morgan fingerprint density at radius 3 is 2.00 bits per heavy atom. The Hall–Kier alpha value is -2.47. The summed E-state index contributed by atoms with van der Waals surface area (Å²) in [5, 5.41) is 2.21. The number of hydrogen-bond donors (Lipinski definition) is 1. The van der Waals surface area contributed by atoms with Gasteiger partial charge in [0.2, 0.25) is 0 Å². The van der Waals surface area contributed by atoms with Crippen molar-refractivity contribution in [2.45, 2.75) is 26.2 Å². The van der Waals surface area contributed by atoms with Crippen molar-refractivity contribution < 1.29 is 19.1 Å². The van der Waals surface area contributed by atoms with Crippen LogP contribution >= 0.6 is 15.9 Å². The van der Waals surface area contributed by atoms with Crippen molar-refractivity contribution in [2.75, 3.05) is 6.61 Å². The van der Waals surface area contributed by atoms with Gasteiger partial charge in [-0.2, -0.15) is 0 Å². The molecule has 0 radical (unpaired) electrons. The number of imide groups is 1. The van der Waals surface area contributed by atoms with Crippen LogP contribution in [0.3, 0.4) is 0 Å². The highest BCUT2D eigenvalue weighted by molar-refractivity contribution is 9.10. The summed E-state index contributed by atoms with van der Waals surface area (Å²) in [5.74, 6) is -1.84. The molecule has 5 nitrogen and oxygen atoms in total. The predicted molar refractivity (Wildman–Crippen MR) is 102 cm³/mol. The second-order valence-corrected chi connectivity index (χ2v) is 7.70. The first kappa shape index (κ1) is 19.8. The molecule has 0 unspecified atom stereocenters. The molecule has 26 heavy (non-hydrogen) atoms. The highest BCUT2D eigenvalue weighted by Crippen LogP contribution is 2.22. The van der Waals surface area contributed by atoms with E-state index in [9.17, 15) is 14.4 Å². The maximum Gasteiger partial charge on any atom is 0.338 e. The van der Waals surface area contributed by atoms with Gasteiger partial charge in [0.1, 0.15) is 0 Å². The molecular weight excluding hydrogens is 398 g/mol. The molecule has 0 fully saturated rings. The topological polar surface area (TPSA) is 72.5 Å². The minimum Gasteiger partial charge on any atom is -0.452 e. The van der Waals surface area contributed by atoms with Crippen LogP contribution in [0.15, 0.2) is 53.0 Å². The van der Waals surface area contributed by atoms with Gasteiger partial charge in [-0.05, 0) is 47.4 Å². The minimum atomic E-state index is -0.680. The van der Waals surface area contributed by atoms with E-state index in [4.69, 9.17) is 4.74 Å². The van der Waals surface area contributed by atoms with Gasteiger partial charge in [0.05, 0.1) is 5.56 Å². The average molecular weight is 418 g/mol. The maximum atomic E-state index is 12.1. The van der Waals surface area contributed by atoms with E-state index < -0.39 is 24.4 Å². The third-order valence-electron chi connectivity index (χ3n) is 3.68. The molecule has 0 bridgehead atoms. The van der Waals surface area contributed by atoms with E-state index in [1.807, 2.05) is 12.1 Å². The van der Waals surface area contributed by atoms with Crippen molar-refractivity contribution in [1.82, 2.24) is 5.32 Å². The van der Waals surface area contributed by atoms with Gasteiger partial charge in [-0.25, -0.2) is 4.79 Å². The standard InChI is InChI=1S/C20H20BrNO4/c1-20(2,3)15-8-4-13(5-9-15)18(24)22-17(23)12-26-19(25)14-6-10-16(21)11-7-14/h4-11H,12H2,1-3H3,(H,22,23,24). The molecular formula is C20H20BrNO4. The monoisotopic (exact) mass is 417 g/mol. The molecule has 6 heteroatoms. The number of esters is 1. The van der Waals surface area contributed by atoms with Gasteiger partial charge in [0, 0.05) is 10.0 Å². The summed E-state index contributed by atoms with van der Waals surface area (Å²) in [6.45, 7) is 5.70. The van der Waals surface area contributed by atoms with E-state index in [2.05, 4.69) is 42.0 Å².